The van der Waals surface area contributed by atoms with E-state index in [2.05, 4.69) is 17.1 Å². The second kappa shape index (κ2) is 7.94. The summed E-state index contributed by atoms with van der Waals surface area (Å²) in [6.45, 7) is 8.07. The lowest BCUT2D eigenvalue weighted by Crippen LogP contribution is -2.59. The summed E-state index contributed by atoms with van der Waals surface area (Å²) in [5, 5.41) is 3.85. The SMILES string of the molecule is CCCC1CN(CC2CCOC2)C(C2CCCCC2)CN1. The molecule has 2 aliphatic heterocycles. The van der Waals surface area contributed by atoms with Crippen LogP contribution in [0.5, 0.6) is 0 Å². The molecule has 0 bridgehead atoms. The minimum Gasteiger partial charge on any atom is -0.381 e. The van der Waals surface area contributed by atoms with Crippen LogP contribution in [-0.2, 0) is 4.74 Å². The zero-order valence-electron chi connectivity index (χ0n) is 13.9. The molecule has 0 spiro atoms. The van der Waals surface area contributed by atoms with E-state index in [1.54, 1.807) is 0 Å². The van der Waals surface area contributed by atoms with Crippen LogP contribution in [0.25, 0.3) is 0 Å². The van der Waals surface area contributed by atoms with Gasteiger partial charge in [0.1, 0.15) is 0 Å². The van der Waals surface area contributed by atoms with Crippen molar-refractivity contribution >= 4 is 0 Å². The van der Waals surface area contributed by atoms with Gasteiger partial charge >= 0.3 is 0 Å². The van der Waals surface area contributed by atoms with Gasteiger partial charge in [0, 0.05) is 38.3 Å². The maximum absolute atomic E-state index is 5.61. The molecule has 0 aromatic heterocycles. The smallest absolute Gasteiger partial charge is 0.0507 e. The maximum atomic E-state index is 5.61. The van der Waals surface area contributed by atoms with Gasteiger partial charge in [-0.25, -0.2) is 0 Å². The zero-order valence-corrected chi connectivity index (χ0v) is 13.9. The molecule has 3 aliphatic rings. The highest BCUT2D eigenvalue weighted by Gasteiger charge is 2.35. The van der Waals surface area contributed by atoms with E-state index < -0.39 is 0 Å². The van der Waals surface area contributed by atoms with Crippen molar-refractivity contribution in [3.8, 4) is 0 Å². The second-order valence-corrected chi connectivity index (χ2v) is 7.54. The van der Waals surface area contributed by atoms with Crippen LogP contribution in [0, 0.1) is 11.8 Å². The molecule has 1 aliphatic carbocycles. The molecule has 3 unspecified atom stereocenters. The fourth-order valence-corrected chi connectivity index (χ4v) is 4.69. The van der Waals surface area contributed by atoms with E-state index in [0.717, 1.165) is 37.1 Å². The summed E-state index contributed by atoms with van der Waals surface area (Å²) in [6, 6.07) is 1.51. The van der Waals surface area contributed by atoms with E-state index in [-0.39, 0.29) is 0 Å². The van der Waals surface area contributed by atoms with Crippen LogP contribution in [-0.4, -0.2) is 49.8 Å². The first-order valence-electron chi connectivity index (χ1n) is 9.42. The summed E-state index contributed by atoms with van der Waals surface area (Å²) in [7, 11) is 0. The molecule has 1 saturated carbocycles. The van der Waals surface area contributed by atoms with E-state index in [1.165, 1.54) is 71.0 Å². The highest BCUT2D eigenvalue weighted by atomic mass is 16.5. The van der Waals surface area contributed by atoms with Gasteiger partial charge in [-0.3, -0.25) is 4.90 Å². The van der Waals surface area contributed by atoms with Gasteiger partial charge in [0.25, 0.3) is 0 Å². The molecule has 3 atom stereocenters. The number of ether oxygens (including phenoxy) is 1. The van der Waals surface area contributed by atoms with E-state index in [1.807, 2.05) is 0 Å². The average Bonchev–Trinajstić information content (AvgIpc) is 3.02. The molecule has 0 amide bonds. The molecule has 3 nitrogen and oxygen atoms in total. The van der Waals surface area contributed by atoms with E-state index >= 15 is 0 Å². The lowest BCUT2D eigenvalue weighted by atomic mass is 9.81. The van der Waals surface area contributed by atoms with Crippen LogP contribution in [0.2, 0.25) is 0 Å². The second-order valence-electron chi connectivity index (χ2n) is 7.54. The first-order valence-corrected chi connectivity index (χ1v) is 9.42. The van der Waals surface area contributed by atoms with Gasteiger partial charge in [0.2, 0.25) is 0 Å². The van der Waals surface area contributed by atoms with Gasteiger partial charge in [-0.2, -0.15) is 0 Å². The van der Waals surface area contributed by atoms with Crippen molar-refractivity contribution in [3.05, 3.63) is 0 Å². The topological polar surface area (TPSA) is 24.5 Å². The van der Waals surface area contributed by atoms with Gasteiger partial charge in [-0.05, 0) is 37.5 Å². The summed E-state index contributed by atoms with van der Waals surface area (Å²) in [6.07, 6.45) is 11.2. The van der Waals surface area contributed by atoms with E-state index in [0.29, 0.717) is 0 Å². The monoisotopic (exact) mass is 294 g/mol. The Morgan fingerprint density at radius 1 is 1.14 bits per heavy atom. The number of hydrogen-bond acceptors (Lipinski definition) is 3. The lowest BCUT2D eigenvalue weighted by Gasteiger charge is -2.46. The number of nitrogens with one attached hydrogen (secondary N) is 1. The Balaban J connectivity index is 1.61. The number of piperazine rings is 1. The Morgan fingerprint density at radius 2 is 2.00 bits per heavy atom. The third-order valence-corrected chi connectivity index (χ3v) is 5.89. The summed E-state index contributed by atoms with van der Waals surface area (Å²) >= 11 is 0. The van der Waals surface area contributed by atoms with Gasteiger partial charge < -0.3 is 10.1 Å². The fraction of sp³-hybridized carbons (Fsp3) is 1.00. The molecule has 0 aromatic carbocycles. The van der Waals surface area contributed by atoms with Gasteiger partial charge in [-0.1, -0.05) is 32.6 Å². The minimum atomic E-state index is 0.720. The summed E-state index contributed by atoms with van der Waals surface area (Å²) in [5.41, 5.74) is 0. The Hall–Kier alpha value is -0.120. The van der Waals surface area contributed by atoms with E-state index in [9.17, 15) is 0 Å². The van der Waals surface area contributed by atoms with Gasteiger partial charge in [0.15, 0.2) is 0 Å². The van der Waals surface area contributed by atoms with Crippen LogP contribution in [0.3, 0.4) is 0 Å². The van der Waals surface area contributed by atoms with Crippen LogP contribution in [0.1, 0.15) is 58.3 Å². The molecule has 2 heterocycles. The van der Waals surface area contributed by atoms with Crippen molar-refractivity contribution in [2.75, 3.05) is 32.8 Å². The zero-order chi connectivity index (χ0) is 14.5. The van der Waals surface area contributed by atoms with Crippen LogP contribution in [0.4, 0.5) is 0 Å². The first-order chi connectivity index (χ1) is 10.4. The molecule has 21 heavy (non-hydrogen) atoms. The quantitative estimate of drug-likeness (QED) is 0.843. The molecular weight excluding hydrogens is 260 g/mol. The maximum Gasteiger partial charge on any atom is 0.0507 e. The summed E-state index contributed by atoms with van der Waals surface area (Å²) in [4.78, 5) is 2.85. The van der Waals surface area contributed by atoms with E-state index in [4.69, 9.17) is 4.74 Å². The lowest BCUT2D eigenvalue weighted by molar-refractivity contribution is 0.0536. The third kappa shape index (κ3) is 4.20. The van der Waals surface area contributed by atoms with Crippen molar-refractivity contribution in [2.24, 2.45) is 11.8 Å². The predicted molar refractivity (Wildman–Crippen MR) is 87.6 cm³/mol. The molecule has 3 fully saturated rings. The normalized spacial score (nSPS) is 36.1. The summed E-state index contributed by atoms with van der Waals surface area (Å²) < 4.78 is 5.61. The molecule has 0 radical (unpaired) electrons. The number of rotatable bonds is 5. The van der Waals surface area contributed by atoms with Gasteiger partial charge in [-0.15, -0.1) is 0 Å². The molecule has 3 rings (SSSR count). The Morgan fingerprint density at radius 3 is 2.71 bits per heavy atom. The Kier molecular flexibility index (Phi) is 5.96. The highest BCUT2D eigenvalue weighted by Crippen LogP contribution is 2.31. The third-order valence-electron chi connectivity index (χ3n) is 5.89. The molecule has 1 N–H and O–H groups in total. The molecule has 122 valence electrons. The largest absolute Gasteiger partial charge is 0.381 e. The van der Waals surface area contributed by atoms with Crippen molar-refractivity contribution < 1.29 is 4.74 Å². The van der Waals surface area contributed by atoms with Crippen LogP contribution < -0.4 is 5.32 Å². The highest BCUT2D eigenvalue weighted by molar-refractivity contribution is 4.92. The summed E-state index contributed by atoms with van der Waals surface area (Å²) in [5.74, 6) is 1.73. The number of nitrogens with zero attached hydrogens (tertiary/aromatic N) is 1. The van der Waals surface area contributed by atoms with Gasteiger partial charge in [0.05, 0.1) is 6.61 Å². The van der Waals surface area contributed by atoms with Crippen molar-refractivity contribution in [3.63, 3.8) is 0 Å². The van der Waals surface area contributed by atoms with Crippen molar-refractivity contribution in [2.45, 2.75) is 70.4 Å². The number of hydrogen-bond donors (Lipinski definition) is 1. The Labute approximate surface area is 130 Å². The van der Waals surface area contributed by atoms with Crippen molar-refractivity contribution in [1.29, 1.82) is 0 Å². The van der Waals surface area contributed by atoms with Crippen molar-refractivity contribution in [1.82, 2.24) is 10.2 Å². The fourth-order valence-electron chi connectivity index (χ4n) is 4.69. The minimum absolute atomic E-state index is 0.720. The van der Waals surface area contributed by atoms with Crippen LogP contribution >= 0.6 is 0 Å². The molecule has 2 saturated heterocycles. The van der Waals surface area contributed by atoms with Crippen LogP contribution in [0.15, 0.2) is 0 Å². The first kappa shape index (κ1) is 15.8. The Bertz CT molecular complexity index is 298. The molecule has 3 heteroatoms. The predicted octanol–water partition coefficient (Wildman–Crippen LogP) is 3.05. The molecular formula is C18H34N2O. The molecule has 0 aromatic rings. The average molecular weight is 294 g/mol. The standard InChI is InChI=1S/C18H34N2O/c1-2-6-17-13-20(12-15-9-10-21-14-15)18(11-19-17)16-7-4-3-5-8-16/h15-19H,2-14H2,1H3.